The highest BCUT2D eigenvalue weighted by atomic mass is 15.1. The van der Waals surface area contributed by atoms with E-state index in [4.69, 9.17) is 0 Å². The van der Waals surface area contributed by atoms with Crippen molar-refractivity contribution in [1.29, 1.82) is 0 Å². The molecular formula is C63H47N. The third-order valence-corrected chi connectivity index (χ3v) is 13.1. The van der Waals surface area contributed by atoms with Crippen molar-refractivity contribution in [1.82, 2.24) is 0 Å². The van der Waals surface area contributed by atoms with Crippen molar-refractivity contribution in [2.45, 2.75) is 19.3 Å². The van der Waals surface area contributed by atoms with Gasteiger partial charge in [0, 0.05) is 22.2 Å². The van der Waals surface area contributed by atoms with E-state index in [0.29, 0.717) is 0 Å². The Morgan fingerprint density at radius 2 is 0.719 bits per heavy atom. The molecule has 0 aliphatic heterocycles. The second-order valence-corrected chi connectivity index (χ2v) is 17.3. The number of para-hydroxylation sites is 1. The lowest BCUT2D eigenvalue weighted by Crippen LogP contribution is -2.15. The fourth-order valence-electron chi connectivity index (χ4n) is 9.94. The van der Waals surface area contributed by atoms with Crippen LogP contribution in [0.1, 0.15) is 25.0 Å². The minimum atomic E-state index is -0.122. The fourth-order valence-corrected chi connectivity index (χ4v) is 9.94. The van der Waals surface area contributed by atoms with E-state index in [1.54, 1.807) is 0 Å². The van der Waals surface area contributed by atoms with Crippen LogP contribution >= 0.6 is 0 Å². The highest BCUT2D eigenvalue weighted by molar-refractivity contribution is 6.03. The largest absolute Gasteiger partial charge is 0.309 e. The van der Waals surface area contributed by atoms with E-state index >= 15 is 0 Å². The van der Waals surface area contributed by atoms with E-state index < -0.39 is 0 Å². The Hall–Kier alpha value is -8.00. The highest BCUT2D eigenvalue weighted by Crippen LogP contribution is 2.52. The molecule has 0 heterocycles. The molecule has 0 spiro atoms. The molecule has 10 aromatic carbocycles. The van der Waals surface area contributed by atoms with Crippen LogP contribution in [0, 0.1) is 0 Å². The van der Waals surface area contributed by atoms with E-state index in [0.717, 1.165) is 17.1 Å². The zero-order valence-corrected chi connectivity index (χ0v) is 36.1. The standard InChI is InChI=1S/C63H47N/c1-63(2)58-33-16-14-30-55(58)56-41-38-50(43-59(56)63)53-29-15-17-34-60(53)64(51-39-36-45(37-40-51)49-27-18-26-48(42-49)44-20-6-3-7-21-44)61-35-19-32-54(47-24-10-5-11-25-47)62(61)57-31-13-12-28-52(57)46-22-8-4-9-23-46/h3-43H,1-2H3. The van der Waals surface area contributed by atoms with Crippen LogP contribution in [0.15, 0.2) is 249 Å². The summed E-state index contributed by atoms with van der Waals surface area (Å²) < 4.78 is 0. The number of rotatable bonds is 9. The molecule has 0 saturated heterocycles. The zero-order valence-electron chi connectivity index (χ0n) is 36.1. The first-order chi connectivity index (χ1) is 31.5. The normalized spacial score (nSPS) is 12.3. The average Bonchev–Trinajstić information content (AvgIpc) is 3.60. The van der Waals surface area contributed by atoms with Gasteiger partial charge in [-0.25, -0.2) is 0 Å². The summed E-state index contributed by atoms with van der Waals surface area (Å²) in [6.07, 6.45) is 0. The molecule has 64 heavy (non-hydrogen) atoms. The molecule has 1 aliphatic rings. The Labute approximate surface area is 377 Å². The minimum absolute atomic E-state index is 0.122. The smallest absolute Gasteiger partial charge is 0.0546 e. The van der Waals surface area contributed by atoms with Gasteiger partial charge in [-0.2, -0.15) is 0 Å². The first-order valence-corrected chi connectivity index (χ1v) is 22.3. The van der Waals surface area contributed by atoms with Gasteiger partial charge in [0.05, 0.1) is 11.4 Å². The van der Waals surface area contributed by atoms with E-state index in [1.165, 1.54) is 89.0 Å². The summed E-state index contributed by atoms with van der Waals surface area (Å²) in [7, 11) is 0. The summed E-state index contributed by atoms with van der Waals surface area (Å²) in [6, 6.07) is 90.9. The van der Waals surface area contributed by atoms with Gasteiger partial charge in [0.2, 0.25) is 0 Å². The highest BCUT2D eigenvalue weighted by Gasteiger charge is 2.35. The number of hydrogen-bond acceptors (Lipinski definition) is 1. The molecule has 0 fully saturated rings. The number of anilines is 3. The Morgan fingerprint density at radius 1 is 0.266 bits per heavy atom. The zero-order chi connectivity index (χ0) is 43.0. The summed E-state index contributed by atoms with van der Waals surface area (Å²) in [6.45, 7) is 4.73. The fraction of sp³-hybridized carbons (Fsp3) is 0.0476. The number of hydrogen-bond donors (Lipinski definition) is 0. The van der Waals surface area contributed by atoms with Crippen molar-refractivity contribution in [3.8, 4) is 77.9 Å². The number of fused-ring (bicyclic) bond motifs is 3. The summed E-state index contributed by atoms with van der Waals surface area (Å²) >= 11 is 0. The molecule has 0 aromatic heterocycles. The monoisotopic (exact) mass is 817 g/mol. The molecule has 0 bridgehead atoms. The van der Waals surface area contributed by atoms with Gasteiger partial charge in [-0.05, 0) is 114 Å². The third-order valence-electron chi connectivity index (χ3n) is 13.1. The molecule has 0 radical (unpaired) electrons. The number of benzene rings is 10. The molecule has 0 unspecified atom stereocenters. The van der Waals surface area contributed by atoms with Crippen LogP contribution in [0.3, 0.4) is 0 Å². The van der Waals surface area contributed by atoms with E-state index in [2.05, 4.69) is 267 Å². The molecule has 1 aliphatic carbocycles. The second kappa shape index (κ2) is 16.4. The summed E-state index contributed by atoms with van der Waals surface area (Å²) in [5.74, 6) is 0. The van der Waals surface area contributed by atoms with E-state index in [1.807, 2.05) is 0 Å². The van der Waals surface area contributed by atoms with Crippen LogP contribution in [0.4, 0.5) is 17.1 Å². The minimum Gasteiger partial charge on any atom is -0.309 e. The van der Waals surface area contributed by atoms with Crippen LogP contribution in [-0.4, -0.2) is 0 Å². The molecule has 1 nitrogen and oxygen atoms in total. The van der Waals surface area contributed by atoms with Crippen molar-refractivity contribution in [2.24, 2.45) is 0 Å². The van der Waals surface area contributed by atoms with Gasteiger partial charge in [-0.1, -0.05) is 226 Å². The van der Waals surface area contributed by atoms with Crippen molar-refractivity contribution in [2.75, 3.05) is 4.90 Å². The summed E-state index contributed by atoms with van der Waals surface area (Å²) in [5.41, 5.74) is 22.8. The lowest BCUT2D eigenvalue weighted by atomic mass is 9.81. The van der Waals surface area contributed by atoms with Crippen molar-refractivity contribution >= 4 is 17.1 Å². The van der Waals surface area contributed by atoms with Crippen LogP contribution in [0.25, 0.3) is 77.9 Å². The lowest BCUT2D eigenvalue weighted by molar-refractivity contribution is 0.660. The van der Waals surface area contributed by atoms with E-state index in [-0.39, 0.29) is 5.41 Å². The topological polar surface area (TPSA) is 3.24 Å². The molecule has 0 amide bonds. The van der Waals surface area contributed by atoms with Crippen molar-refractivity contribution < 1.29 is 0 Å². The van der Waals surface area contributed by atoms with Crippen LogP contribution in [0.5, 0.6) is 0 Å². The maximum Gasteiger partial charge on any atom is 0.0546 e. The average molecular weight is 818 g/mol. The van der Waals surface area contributed by atoms with Gasteiger partial charge in [-0.15, -0.1) is 0 Å². The third kappa shape index (κ3) is 6.93. The van der Waals surface area contributed by atoms with Gasteiger partial charge in [0.15, 0.2) is 0 Å². The van der Waals surface area contributed by atoms with Gasteiger partial charge in [0.25, 0.3) is 0 Å². The van der Waals surface area contributed by atoms with Crippen LogP contribution < -0.4 is 4.90 Å². The molecule has 304 valence electrons. The Morgan fingerprint density at radius 3 is 1.41 bits per heavy atom. The van der Waals surface area contributed by atoms with Crippen LogP contribution in [0.2, 0.25) is 0 Å². The molecule has 11 rings (SSSR count). The summed E-state index contributed by atoms with van der Waals surface area (Å²) in [4.78, 5) is 2.50. The quantitative estimate of drug-likeness (QED) is 0.140. The number of nitrogens with zero attached hydrogens (tertiary/aromatic N) is 1. The van der Waals surface area contributed by atoms with Crippen LogP contribution in [-0.2, 0) is 5.41 Å². The second-order valence-electron chi connectivity index (χ2n) is 17.3. The lowest BCUT2D eigenvalue weighted by Gasteiger charge is -2.32. The van der Waals surface area contributed by atoms with Gasteiger partial charge in [0.1, 0.15) is 0 Å². The molecule has 1 heteroatoms. The Balaban J connectivity index is 1.14. The molecule has 0 saturated carbocycles. The van der Waals surface area contributed by atoms with Gasteiger partial charge < -0.3 is 4.90 Å². The van der Waals surface area contributed by atoms with Crippen molar-refractivity contribution in [3.05, 3.63) is 260 Å². The summed E-state index contributed by atoms with van der Waals surface area (Å²) in [5, 5.41) is 0. The predicted molar refractivity (Wildman–Crippen MR) is 271 cm³/mol. The maximum absolute atomic E-state index is 2.50. The first kappa shape index (κ1) is 38.9. The van der Waals surface area contributed by atoms with Gasteiger partial charge in [-0.3, -0.25) is 0 Å². The molecule has 0 N–H and O–H groups in total. The van der Waals surface area contributed by atoms with Gasteiger partial charge >= 0.3 is 0 Å². The Kier molecular flexibility index (Phi) is 9.94. The molecule has 0 atom stereocenters. The Bertz CT molecular complexity index is 3270. The molecule has 10 aromatic rings. The maximum atomic E-state index is 2.50. The SMILES string of the molecule is CC1(C)c2ccccc2-c2ccc(-c3ccccc3N(c3ccc(-c4cccc(-c5ccccc5)c4)cc3)c3cccc(-c4ccccc4)c3-c3ccccc3-c3ccccc3)cc21. The molecular weight excluding hydrogens is 771 g/mol. The first-order valence-electron chi connectivity index (χ1n) is 22.3. The van der Waals surface area contributed by atoms with E-state index in [9.17, 15) is 0 Å². The predicted octanol–water partition coefficient (Wildman–Crippen LogP) is 17.5. The van der Waals surface area contributed by atoms with Crippen molar-refractivity contribution in [3.63, 3.8) is 0 Å².